The van der Waals surface area contributed by atoms with E-state index in [1.165, 1.54) is 7.11 Å². The summed E-state index contributed by atoms with van der Waals surface area (Å²) in [5, 5.41) is 0. The number of ether oxygens (including phenoxy) is 1. The Bertz CT molecular complexity index is 470. The van der Waals surface area contributed by atoms with Gasteiger partial charge in [0.25, 0.3) is 0 Å². The molecule has 5 heteroatoms. The van der Waals surface area contributed by atoms with E-state index in [2.05, 4.69) is 11.8 Å². The van der Waals surface area contributed by atoms with Crippen LogP contribution >= 0.6 is 0 Å². The van der Waals surface area contributed by atoms with E-state index in [-0.39, 0.29) is 0 Å². The van der Waals surface area contributed by atoms with Crippen molar-refractivity contribution in [3.8, 4) is 0 Å². The van der Waals surface area contributed by atoms with Crippen LogP contribution in [0.5, 0.6) is 0 Å². The number of likely N-dealkylation sites (tertiary alicyclic amines) is 1. The molecule has 0 bridgehead atoms. The van der Waals surface area contributed by atoms with E-state index in [4.69, 9.17) is 14.9 Å². The lowest BCUT2D eigenvalue weighted by molar-refractivity contribution is 0.0558. The lowest BCUT2D eigenvalue weighted by Crippen LogP contribution is -2.46. The second kappa shape index (κ2) is 6.41. The number of carbonyl (C=O) groups is 1. The van der Waals surface area contributed by atoms with Gasteiger partial charge in [0.2, 0.25) is 5.76 Å². The Balaban J connectivity index is 2.02. The molecule has 2 heterocycles. The molecule has 0 spiro atoms. The fourth-order valence-corrected chi connectivity index (χ4v) is 2.84. The zero-order valence-electron chi connectivity index (χ0n) is 12.5. The summed E-state index contributed by atoms with van der Waals surface area (Å²) in [6, 6.07) is 2.22. The summed E-state index contributed by atoms with van der Waals surface area (Å²) < 4.78 is 10.3. The number of nitrogens with two attached hydrogens (primary N) is 1. The number of piperidine rings is 1. The highest BCUT2D eigenvalue weighted by Gasteiger charge is 2.26. The number of hydrogen-bond donors (Lipinski definition) is 1. The third-order valence-corrected chi connectivity index (χ3v) is 4.12. The molecule has 0 aromatic carbocycles. The highest BCUT2D eigenvalue weighted by Crippen LogP contribution is 2.22. The molecule has 0 radical (unpaired) electrons. The zero-order chi connectivity index (χ0) is 14.7. The molecule has 2 unspecified atom stereocenters. The summed E-state index contributed by atoms with van der Waals surface area (Å²) >= 11 is 0. The molecule has 0 saturated carbocycles. The van der Waals surface area contributed by atoms with Gasteiger partial charge in [0, 0.05) is 24.7 Å². The Labute approximate surface area is 120 Å². The van der Waals surface area contributed by atoms with Gasteiger partial charge in [0.05, 0.1) is 13.7 Å². The molecule has 0 amide bonds. The number of methoxy groups -OCH3 is 1. The smallest absolute Gasteiger partial charge is 0.374 e. The van der Waals surface area contributed by atoms with Gasteiger partial charge in [-0.15, -0.1) is 0 Å². The molecule has 1 aromatic heterocycles. The average Bonchev–Trinajstić information content (AvgIpc) is 2.80. The zero-order valence-corrected chi connectivity index (χ0v) is 12.5. The van der Waals surface area contributed by atoms with Gasteiger partial charge in [-0.1, -0.05) is 13.3 Å². The number of hydrogen-bond acceptors (Lipinski definition) is 5. The molecule has 2 N–H and O–H groups in total. The van der Waals surface area contributed by atoms with Crippen molar-refractivity contribution in [2.24, 2.45) is 11.7 Å². The molecule has 5 nitrogen and oxygen atoms in total. The van der Waals surface area contributed by atoms with Gasteiger partial charge in [0.15, 0.2) is 0 Å². The second-order valence-electron chi connectivity index (χ2n) is 5.57. The van der Waals surface area contributed by atoms with Crippen LogP contribution < -0.4 is 5.73 Å². The number of nitrogens with zero attached hydrogens (tertiary/aromatic N) is 1. The molecule has 1 fully saturated rings. The minimum absolute atomic E-state index is 0.306. The van der Waals surface area contributed by atoms with Crippen molar-refractivity contribution in [3.63, 3.8) is 0 Å². The van der Waals surface area contributed by atoms with Crippen molar-refractivity contribution >= 4 is 5.97 Å². The lowest BCUT2D eigenvalue weighted by atomic mass is 9.91. The Morgan fingerprint density at radius 3 is 3.00 bits per heavy atom. The van der Waals surface area contributed by atoms with Gasteiger partial charge >= 0.3 is 5.97 Å². The number of carbonyl (C=O) groups excluding carboxylic acids is 1. The first-order valence-corrected chi connectivity index (χ1v) is 7.20. The molecular formula is C15H24N2O3. The molecule has 20 heavy (non-hydrogen) atoms. The van der Waals surface area contributed by atoms with Crippen LogP contribution in [-0.2, 0) is 11.3 Å². The van der Waals surface area contributed by atoms with Crippen molar-refractivity contribution in [1.29, 1.82) is 0 Å². The van der Waals surface area contributed by atoms with Crippen LogP contribution in [0.25, 0.3) is 0 Å². The summed E-state index contributed by atoms with van der Waals surface area (Å²) in [6.07, 6.45) is 2.12. The normalized spacial score (nSPS) is 23.8. The largest absolute Gasteiger partial charge is 0.463 e. The van der Waals surface area contributed by atoms with E-state index >= 15 is 0 Å². The van der Waals surface area contributed by atoms with Crippen molar-refractivity contribution in [2.45, 2.75) is 39.3 Å². The van der Waals surface area contributed by atoms with E-state index in [1.807, 2.05) is 13.0 Å². The summed E-state index contributed by atoms with van der Waals surface area (Å²) in [6.45, 7) is 6.73. The van der Waals surface area contributed by atoms with Gasteiger partial charge in [-0.25, -0.2) is 4.79 Å². The monoisotopic (exact) mass is 280 g/mol. The fraction of sp³-hybridized carbons (Fsp3) is 0.667. The van der Waals surface area contributed by atoms with Crippen LogP contribution in [0, 0.1) is 12.8 Å². The van der Waals surface area contributed by atoms with Crippen LogP contribution in [0.2, 0.25) is 0 Å². The second-order valence-corrected chi connectivity index (χ2v) is 5.57. The topological polar surface area (TPSA) is 68.7 Å². The van der Waals surface area contributed by atoms with E-state index in [0.29, 0.717) is 17.7 Å². The van der Waals surface area contributed by atoms with Gasteiger partial charge in [-0.3, -0.25) is 4.90 Å². The molecule has 1 saturated heterocycles. The minimum Gasteiger partial charge on any atom is -0.463 e. The van der Waals surface area contributed by atoms with Crippen LogP contribution in [0.3, 0.4) is 0 Å². The van der Waals surface area contributed by atoms with Crippen LogP contribution in [-0.4, -0.2) is 37.1 Å². The van der Waals surface area contributed by atoms with Crippen molar-refractivity contribution in [3.05, 3.63) is 23.2 Å². The third-order valence-electron chi connectivity index (χ3n) is 4.12. The maximum absolute atomic E-state index is 11.5. The Hall–Kier alpha value is -1.33. The molecule has 1 aliphatic heterocycles. The fourth-order valence-electron chi connectivity index (χ4n) is 2.84. The maximum atomic E-state index is 11.5. The van der Waals surface area contributed by atoms with Crippen molar-refractivity contribution in [2.75, 3.05) is 20.2 Å². The Morgan fingerprint density at radius 2 is 2.35 bits per heavy atom. The van der Waals surface area contributed by atoms with Gasteiger partial charge in [-0.2, -0.15) is 0 Å². The molecule has 1 aliphatic rings. The predicted octanol–water partition coefficient (Wildman–Crippen LogP) is 1.93. The number of rotatable bonds is 4. The first-order chi connectivity index (χ1) is 9.55. The third kappa shape index (κ3) is 3.22. The Morgan fingerprint density at radius 1 is 1.60 bits per heavy atom. The first kappa shape index (κ1) is 15.1. The van der Waals surface area contributed by atoms with E-state index in [9.17, 15) is 4.79 Å². The average molecular weight is 280 g/mol. The molecule has 1 aromatic rings. The minimum atomic E-state index is -0.416. The number of esters is 1. The van der Waals surface area contributed by atoms with E-state index < -0.39 is 5.97 Å². The lowest BCUT2D eigenvalue weighted by Gasteiger charge is -2.36. The Kier molecular flexibility index (Phi) is 4.83. The highest BCUT2D eigenvalue weighted by molar-refractivity contribution is 5.87. The molecule has 112 valence electrons. The van der Waals surface area contributed by atoms with Crippen molar-refractivity contribution < 1.29 is 13.9 Å². The van der Waals surface area contributed by atoms with Crippen LogP contribution in [0.15, 0.2) is 10.5 Å². The van der Waals surface area contributed by atoms with E-state index in [1.54, 1.807) is 0 Å². The predicted molar refractivity (Wildman–Crippen MR) is 76.4 cm³/mol. The summed E-state index contributed by atoms with van der Waals surface area (Å²) in [4.78, 5) is 13.9. The molecule has 2 rings (SSSR count). The summed E-state index contributed by atoms with van der Waals surface area (Å²) in [5.41, 5.74) is 6.95. The number of furan rings is 1. The standard InChI is InChI=1S/C15H24N2O3/c1-4-11-8-17(6-5-13(11)16)9-12-7-10(2)14(20-12)15(18)19-3/h7,11,13H,4-6,8-9,16H2,1-3H3. The van der Waals surface area contributed by atoms with Gasteiger partial charge in [-0.05, 0) is 25.3 Å². The summed E-state index contributed by atoms with van der Waals surface area (Å²) in [7, 11) is 1.36. The highest BCUT2D eigenvalue weighted by atomic mass is 16.5. The molecule has 2 atom stereocenters. The molecule has 0 aliphatic carbocycles. The van der Waals surface area contributed by atoms with Gasteiger partial charge in [0.1, 0.15) is 5.76 Å². The maximum Gasteiger partial charge on any atom is 0.374 e. The van der Waals surface area contributed by atoms with E-state index in [0.717, 1.165) is 43.8 Å². The van der Waals surface area contributed by atoms with Gasteiger partial charge < -0.3 is 14.9 Å². The molecular weight excluding hydrogens is 256 g/mol. The SMILES string of the molecule is CCC1CN(Cc2cc(C)c(C(=O)OC)o2)CCC1N. The van der Waals surface area contributed by atoms with Crippen LogP contribution in [0.4, 0.5) is 0 Å². The first-order valence-electron chi connectivity index (χ1n) is 7.20. The summed E-state index contributed by atoms with van der Waals surface area (Å²) in [5.74, 6) is 1.25. The quantitative estimate of drug-likeness (QED) is 0.854. The van der Waals surface area contributed by atoms with Crippen molar-refractivity contribution in [1.82, 2.24) is 4.90 Å². The number of aryl methyl sites for hydroxylation is 1. The van der Waals surface area contributed by atoms with Crippen LogP contribution in [0.1, 0.15) is 41.6 Å².